The third-order valence-corrected chi connectivity index (χ3v) is 4.94. The van der Waals surface area contributed by atoms with Crippen LogP contribution in [0, 0.1) is 13.8 Å². The molecule has 0 radical (unpaired) electrons. The van der Waals surface area contributed by atoms with E-state index in [0.29, 0.717) is 10.0 Å². The summed E-state index contributed by atoms with van der Waals surface area (Å²) in [5.41, 5.74) is 2.75. The Morgan fingerprint density at radius 2 is 1.92 bits per heavy atom. The highest BCUT2D eigenvalue weighted by Crippen LogP contribution is 2.28. The highest BCUT2D eigenvalue weighted by atomic mass is 35.5. The van der Waals surface area contributed by atoms with Crippen molar-refractivity contribution < 1.29 is 14.3 Å². The van der Waals surface area contributed by atoms with Gasteiger partial charge in [0.2, 0.25) is 0 Å². The van der Waals surface area contributed by atoms with Crippen LogP contribution in [0.3, 0.4) is 0 Å². The van der Waals surface area contributed by atoms with Gasteiger partial charge < -0.3 is 15.4 Å². The predicted molar refractivity (Wildman–Crippen MR) is 96.6 cm³/mol. The van der Waals surface area contributed by atoms with Gasteiger partial charge in [-0.15, -0.1) is 11.3 Å². The van der Waals surface area contributed by atoms with Crippen LogP contribution in [0.25, 0.3) is 0 Å². The largest absolute Gasteiger partial charge is 0.374 e. The third kappa shape index (κ3) is 4.80. The van der Waals surface area contributed by atoms with Gasteiger partial charge in [0.05, 0.1) is 4.34 Å². The normalized spacial score (nSPS) is 11.8. The zero-order chi connectivity index (χ0) is 17.7. The van der Waals surface area contributed by atoms with E-state index in [1.54, 1.807) is 19.2 Å². The number of halogens is 1. The van der Waals surface area contributed by atoms with E-state index in [1.165, 1.54) is 11.3 Å². The molecule has 0 aliphatic carbocycles. The summed E-state index contributed by atoms with van der Waals surface area (Å²) in [5, 5.41) is 5.16. The third-order valence-electron chi connectivity index (χ3n) is 3.61. The maximum Gasteiger partial charge on any atom is 0.313 e. The van der Waals surface area contributed by atoms with Crippen molar-refractivity contribution in [1.82, 2.24) is 5.32 Å². The molecule has 1 aromatic carbocycles. The number of carbonyl (C=O) groups excluding carboxylic acids is 2. The van der Waals surface area contributed by atoms with E-state index >= 15 is 0 Å². The Hall–Kier alpha value is -1.89. The quantitative estimate of drug-likeness (QED) is 0.796. The van der Waals surface area contributed by atoms with Crippen LogP contribution < -0.4 is 10.6 Å². The van der Waals surface area contributed by atoms with Crippen LogP contribution in [-0.2, 0) is 14.3 Å². The van der Waals surface area contributed by atoms with Crippen molar-refractivity contribution in [1.29, 1.82) is 0 Å². The first-order valence-electron chi connectivity index (χ1n) is 7.35. The SMILES string of the molecule is COC(CNC(=O)C(=O)Nc1ccc(C)c(C)c1)c1ccc(Cl)s1. The molecule has 24 heavy (non-hydrogen) atoms. The van der Waals surface area contributed by atoms with Crippen molar-refractivity contribution in [2.45, 2.75) is 20.0 Å². The molecule has 2 amide bonds. The van der Waals surface area contributed by atoms with Crippen LogP contribution in [0.5, 0.6) is 0 Å². The molecule has 1 aromatic heterocycles. The van der Waals surface area contributed by atoms with Crippen molar-refractivity contribution >= 4 is 40.4 Å². The number of anilines is 1. The number of thiophene rings is 1. The molecular formula is C17H19ClN2O3S. The van der Waals surface area contributed by atoms with Crippen molar-refractivity contribution in [3.05, 3.63) is 50.7 Å². The fraction of sp³-hybridized carbons (Fsp3) is 0.294. The number of nitrogens with one attached hydrogen (secondary N) is 2. The molecule has 7 heteroatoms. The first-order valence-corrected chi connectivity index (χ1v) is 8.54. The van der Waals surface area contributed by atoms with Gasteiger partial charge in [0.25, 0.3) is 0 Å². The molecule has 1 atom stereocenters. The average molecular weight is 367 g/mol. The van der Waals surface area contributed by atoms with Crippen LogP contribution >= 0.6 is 22.9 Å². The molecule has 1 heterocycles. The van der Waals surface area contributed by atoms with Crippen LogP contribution in [-0.4, -0.2) is 25.5 Å². The number of benzene rings is 1. The topological polar surface area (TPSA) is 67.4 Å². The van der Waals surface area contributed by atoms with E-state index in [0.717, 1.165) is 16.0 Å². The van der Waals surface area contributed by atoms with Gasteiger partial charge in [0.1, 0.15) is 6.10 Å². The minimum absolute atomic E-state index is 0.187. The molecule has 0 fully saturated rings. The molecule has 0 spiro atoms. The zero-order valence-corrected chi connectivity index (χ0v) is 15.3. The predicted octanol–water partition coefficient (Wildman–Crippen LogP) is 3.46. The highest BCUT2D eigenvalue weighted by molar-refractivity contribution is 7.16. The fourth-order valence-electron chi connectivity index (χ4n) is 2.07. The fourth-order valence-corrected chi connectivity index (χ4v) is 3.21. The lowest BCUT2D eigenvalue weighted by molar-refractivity contribution is -0.136. The molecule has 0 aliphatic rings. The number of rotatable bonds is 5. The van der Waals surface area contributed by atoms with Gasteiger partial charge in [-0.1, -0.05) is 17.7 Å². The van der Waals surface area contributed by atoms with E-state index in [9.17, 15) is 9.59 Å². The number of hydrogen-bond donors (Lipinski definition) is 2. The Balaban J connectivity index is 1.91. The van der Waals surface area contributed by atoms with E-state index in [4.69, 9.17) is 16.3 Å². The summed E-state index contributed by atoms with van der Waals surface area (Å²) in [6, 6.07) is 9.08. The van der Waals surface area contributed by atoms with Gasteiger partial charge in [0, 0.05) is 24.2 Å². The summed E-state index contributed by atoms with van der Waals surface area (Å²) >= 11 is 7.27. The van der Waals surface area contributed by atoms with Gasteiger partial charge >= 0.3 is 11.8 Å². The van der Waals surface area contributed by atoms with Gasteiger partial charge in [0.15, 0.2) is 0 Å². The molecule has 0 bridgehead atoms. The number of hydrogen-bond acceptors (Lipinski definition) is 4. The molecule has 0 saturated heterocycles. The number of amides is 2. The molecular weight excluding hydrogens is 348 g/mol. The molecule has 128 valence electrons. The van der Waals surface area contributed by atoms with Crippen LogP contribution in [0.4, 0.5) is 5.69 Å². The van der Waals surface area contributed by atoms with Crippen molar-refractivity contribution in [2.75, 3.05) is 19.0 Å². The standard InChI is InChI=1S/C17H19ClN2O3S/c1-10-4-5-12(8-11(10)2)20-17(22)16(21)19-9-13(23-3)14-6-7-15(18)24-14/h4-8,13H,9H2,1-3H3,(H,19,21)(H,20,22). The smallest absolute Gasteiger partial charge is 0.313 e. The Labute approximate surface area is 150 Å². The van der Waals surface area contributed by atoms with Gasteiger partial charge in [-0.3, -0.25) is 9.59 Å². The van der Waals surface area contributed by atoms with Crippen LogP contribution in [0.1, 0.15) is 22.1 Å². The summed E-state index contributed by atoms with van der Waals surface area (Å²) in [6.45, 7) is 4.11. The first kappa shape index (κ1) is 18.4. The second-order valence-corrected chi connectivity index (χ2v) is 7.08. The van der Waals surface area contributed by atoms with E-state index in [2.05, 4.69) is 10.6 Å². The van der Waals surface area contributed by atoms with Crippen LogP contribution in [0.15, 0.2) is 30.3 Å². The molecule has 5 nitrogen and oxygen atoms in total. The lowest BCUT2D eigenvalue weighted by atomic mass is 10.1. The second kappa shape index (κ2) is 8.28. The van der Waals surface area contributed by atoms with Crippen molar-refractivity contribution in [2.24, 2.45) is 0 Å². The van der Waals surface area contributed by atoms with E-state index in [-0.39, 0.29) is 12.6 Å². The Kier molecular flexibility index (Phi) is 6.36. The lowest BCUT2D eigenvalue weighted by Gasteiger charge is -2.14. The summed E-state index contributed by atoms with van der Waals surface area (Å²) in [7, 11) is 1.54. The Bertz CT molecular complexity index is 745. The maximum absolute atomic E-state index is 12.0. The minimum Gasteiger partial charge on any atom is -0.374 e. The summed E-state index contributed by atoms with van der Waals surface area (Å²) in [6.07, 6.45) is -0.346. The monoisotopic (exact) mass is 366 g/mol. The Morgan fingerprint density at radius 3 is 2.50 bits per heavy atom. The summed E-state index contributed by atoms with van der Waals surface area (Å²) in [5.74, 6) is -1.42. The van der Waals surface area contributed by atoms with E-state index < -0.39 is 11.8 Å². The summed E-state index contributed by atoms with van der Waals surface area (Å²) in [4.78, 5) is 24.8. The Morgan fingerprint density at radius 1 is 1.17 bits per heavy atom. The molecule has 0 saturated carbocycles. The van der Waals surface area contributed by atoms with Gasteiger partial charge in [-0.2, -0.15) is 0 Å². The lowest BCUT2D eigenvalue weighted by Crippen LogP contribution is -2.37. The number of methoxy groups -OCH3 is 1. The van der Waals surface area contributed by atoms with E-state index in [1.807, 2.05) is 32.0 Å². The number of carbonyl (C=O) groups is 2. The number of ether oxygens (including phenoxy) is 1. The second-order valence-electron chi connectivity index (χ2n) is 5.33. The highest BCUT2D eigenvalue weighted by Gasteiger charge is 2.18. The molecule has 0 aliphatic heterocycles. The van der Waals surface area contributed by atoms with Crippen molar-refractivity contribution in [3.63, 3.8) is 0 Å². The van der Waals surface area contributed by atoms with Gasteiger partial charge in [-0.05, 0) is 49.2 Å². The molecule has 1 unspecified atom stereocenters. The summed E-state index contributed by atoms with van der Waals surface area (Å²) < 4.78 is 5.98. The molecule has 2 rings (SSSR count). The van der Waals surface area contributed by atoms with Gasteiger partial charge in [-0.25, -0.2) is 0 Å². The average Bonchev–Trinajstić information content (AvgIpc) is 2.97. The molecule has 2 N–H and O–H groups in total. The van der Waals surface area contributed by atoms with Crippen molar-refractivity contribution in [3.8, 4) is 0 Å². The first-order chi connectivity index (χ1) is 11.4. The van der Waals surface area contributed by atoms with Crippen LogP contribution in [0.2, 0.25) is 4.34 Å². The number of aryl methyl sites for hydroxylation is 2. The zero-order valence-electron chi connectivity index (χ0n) is 13.7. The molecule has 2 aromatic rings. The minimum atomic E-state index is -0.711. The maximum atomic E-state index is 12.0.